The number of pyridine rings is 1. The molecule has 0 unspecified atom stereocenters. The first-order valence-corrected chi connectivity index (χ1v) is 6.20. The molecule has 0 fully saturated rings. The van der Waals surface area contributed by atoms with Crippen molar-refractivity contribution in [1.82, 2.24) is 4.98 Å². The van der Waals surface area contributed by atoms with E-state index in [2.05, 4.69) is 20.9 Å². The summed E-state index contributed by atoms with van der Waals surface area (Å²) in [5.74, 6) is 0.826. The molecule has 0 N–H and O–H groups in total. The topological polar surface area (TPSA) is 31.4 Å². The van der Waals surface area contributed by atoms with Crippen LogP contribution in [0.4, 0.5) is 4.39 Å². The van der Waals surface area contributed by atoms with E-state index in [0.717, 1.165) is 0 Å². The number of hydrogen-bond donors (Lipinski definition) is 0. The molecule has 94 valence electrons. The lowest BCUT2D eigenvalue weighted by molar-refractivity contribution is 0.316. The average molecular weight is 312 g/mol. The van der Waals surface area contributed by atoms with Crippen LogP contribution < -0.4 is 9.47 Å². The molecule has 0 radical (unpaired) electrons. The predicted molar refractivity (Wildman–Crippen MR) is 69.6 cm³/mol. The summed E-state index contributed by atoms with van der Waals surface area (Å²) in [6.07, 6.45) is 1.59. The lowest BCUT2D eigenvalue weighted by atomic mass is 10.3. The highest BCUT2D eigenvalue weighted by Crippen LogP contribution is 2.30. The zero-order chi connectivity index (χ0) is 13.0. The van der Waals surface area contributed by atoms with Crippen LogP contribution >= 0.6 is 15.9 Å². The van der Waals surface area contributed by atoms with E-state index in [-0.39, 0.29) is 5.82 Å². The highest BCUT2D eigenvalue weighted by Gasteiger charge is 2.08. The maximum Gasteiger partial charge on any atom is 0.262 e. The van der Waals surface area contributed by atoms with Crippen molar-refractivity contribution in [3.05, 3.63) is 46.8 Å². The third-order valence-corrected chi connectivity index (χ3v) is 2.54. The molecule has 18 heavy (non-hydrogen) atoms. The lowest BCUT2D eigenvalue weighted by Crippen LogP contribution is -1.96. The minimum absolute atomic E-state index is 0.317. The molecule has 2 rings (SSSR count). The maximum atomic E-state index is 13.2. The van der Waals surface area contributed by atoms with Crippen molar-refractivity contribution in [2.75, 3.05) is 6.61 Å². The van der Waals surface area contributed by atoms with Crippen LogP contribution in [0.2, 0.25) is 0 Å². The molecular formula is C13H11BrFNO2. The molecule has 2 aromatic rings. The molecule has 0 atom stereocenters. The van der Waals surface area contributed by atoms with Crippen LogP contribution in [0, 0.1) is 5.82 Å². The van der Waals surface area contributed by atoms with E-state index in [1.54, 1.807) is 24.4 Å². The van der Waals surface area contributed by atoms with Crippen LogP contribution in [0.15, 0.2) is 41.0 Å². The van der Waals surface area contributed by atoms with E-state index in [0.29, 0.717) is 28.5 Å². The highest BCUT2D eigenvalue weighted by molar-refractivity contribution is 9.10. The number of aromatic nitrogens is 1. The standard InChI is InChI=1S/C13H11BrFNO2/c1-2-17-12-4-3-5-16-13(12)18-11-7-9(14)6-10(15)8-11/h3-8H,2H2,1H3. The molecule has 0 spiro atoms. The molecule has 0 aliphatic heterocycles. The fourth-order valence-corrected chi connectivity index (χ4v) is 1.86. The second-order valence-electron chi connectivity index (χ2n) is 3.45. The largest absolute Gasteiger partial charge is 0.488 e. The van der Waals surface area contributed by atoms with Gasteiger partial charge < -0.3 is 9.47 Å². The molecule has 3 nitrogen and oxygen atoms in total. The molecule has 0 amide bonds. The van der Waals surface area contributed by atoms with Crippen LogP contribution in [0.25, 0.3) is 0 Å². The second kappa shape index (κ2) is 5.82. The van der Waals surface area contributed by atoms with Crippen molar-refractivity contribution in [3.63, 3.8) is 0 Å². The Balaban J connectivity index is 2.27. The predicted octanol–water partition coefficient (Wildman–Crippen LogP) is 4.17. The Morgan fingerprint density at radius 3 is 2.89 bits per heavy atom. The molecule has 1 aromatic carbocycles. The fraction of sp³-hybridized carbons (Fsp3) is 0.154. The normalized spacial score (nSPS) is 10.2. The molecule has 1 aromatic heterocycles. The lowest BCUT2D eigenvalue weighted by Gasteiger charge is -2.10. The van der Waals surface area contributed by atoms with Crippen molar-refractivity contribution < 1.29 is 13.9 Å². The van der Waals surface area contributed by atoms with Gasteiger partial charge in [-0.3, -0.25) is 0 Å². The number of benzene rings is 1. The van der Waals surface area contributed by atoms with Crippen molar-refractivity contribution in [2.24, 2.45) is 0 Å². The Kier molecular flexibility index (Phi) is 4.15. The maximum absolute atomic E-state index is 13.2. The summed E-state index contributed by atoms with van der Waals surface area (Å²) in [5, 5.41) is 0. The van der Waals surface area contributed by atoms with Gasteiger partial charge in [-0.25, -0.2) is 9.37 Å². The molecule has 0 aliphatic rings. The smallest absolute Gasteiger partial charge is 0.262 e. The Hall–Kier alpha value is -1.62. The first kappa shape index (κ1) is 12.8. The first-order valence-electron chi connectivity index (χ1n) is 5.41. The van der Waals surface area contributed by atoms with E-state index >= 15 is 0 Å². The van der Waals surface area contributed by atoms with E-state index < -0.39 is 0 Å². The van der Waals surface area contributed by atoms with E-state index in [9.17, 15) is 4.39 Å². The quantitative estimate of drug-likeness (QED) is 0.849. The van der Waals surface area contributed by atoms with Crippen LogP contribution in [-0.4, -0.2) is 11.6 Å². The van der Waals surface area contributed by atoms with Gasteiger partial charge in [0.1, 0.15) is 11.6 Å². The minimum Gasteiger partial charge on any atom is -0.488 e. The van der Waals surface area contributed by atoms with E-state index in [4.69, 9.17) is 9.47 Å². The number of nitrogens with zero attached hydrogens (tertiary/aromatic N) is 1. The number of rotatable bonds is 4. The Morgan fingerprint density at radius 1 is 1.33 bits per heavy atom. The number of hydrogen-bond acceptors (Lipinski definition) is 3. The molecule has 0 saturated heterocycles. The van der Waals surface area contributed by atoms with Crippen LogP contribution in [-0.2, 0) is 0 Å². The van der Waals surface area contributed by atoms with Gasteiger partial charge in [0.2, 0.25) is 0 Å². The Morgan fingerprint density at radius 2 is 2.17 bits per heavy atom. The third kappa shape index (κ3) is 3.20. The number of halogens is 2. The number of ether oxygens (including phenoxy) is 2. The van der Waals surface area contributed by atoms with Gasteiger partial charge in [-0.15, -0.1) is 0 Å². The van der Waals surface area contributed by atoms with Gasteiger partial charge in [0.25, 0.3) is 5.88 Å². The van der Waals surface area contributed by atoms with Crippen LogP contribution in [0.3, 0.4) is 0 Å². The molecule has 0 bridgehead atoms. The second-order valence-corrected chi connectivity index (χ2v) is 4.36. The molecule has 1 heterocycles. The van der Waals surface area contributed by atoms with Crippen molar-refractivity contribution >= 4 is 15.9 Å². The molecule has 5 heteroatoms. The van der Waals surface area contributed by atoms with Crippen molar-refractivity contribution in [2.45, 2.75) is 6.92 Å². The van der Waals surface area contributed by atoms with Gasteiger partial charge in [0.15, 0.2) is 5.75 Å². The molecule has 0 saturated carbocycles. The highest BCUT2D eigenvalue weighted by atomic mass is 79.9. The van der Waals surface area contributed by atoms with Gasteiger partial charge in [-0.1, -0.05) is 15.9 Å². The summed E-state index contributed by atoms with van der Waals surface area (Å²) in [7, 11) is 0. The van der Waals surface area contributed by atoms with Crippen LogP contribution in [0.5, 0.6) is 17.4 Å². The monoisotopic (exact) mass is 311 g/mol. The zero-order valence-corrected chi connectivity index (χ0v) is 11.3. The van der Waals surface area contributed by atoms with Crippen molar-refractivity contribution in [3.8, 4) is 17.4 Å². The summed E-state index contributed by atoms with van der Waals surface area (Å²) in [6, 6.07) is 7.80. The summed E-state index contributed by atoms with van der Waals surface area (Å²) in [6.45, 7) is 2.38. The van der Waals surface area contributed by atoms with Gasteiger partial charge >= 0.3 is 0 Å². The van der Waals surface area contributed by atoms with Crippen molar-refractivity contribution in [1.29, 1.82) is 0 Å². The third-order valence-electron chi connectivity index (χ3n) is 2.09. The van der Waals surface area contributed by atoms with Gasteiger partial charge in [-0.2, -0.15) is 0 Å². The summed E-state index contributed by atoms with van der Waals surface area (Å²) < 4.78 is 24.7. The summed E-state index contributed by atoms with van der Waals surface area (Å²) >= 11 is 3.20. The van der Waals surface area contributed by atoms with Gasteiger partial charge in [0.05, 0.1) is 6.61 Å². The minimum atomic E-state index is -0.381. The molecule has 0 aliphatic carbocycles. The van der Waals surface area contributed by atoms with Crippen LogP contribution in [0.1, 0.15) is 6.92 Å². The first-order chi connectivity index (χ1) is 8.69. The summed E-state index contributed by atoms with van der Waals surface area (Å²) in [4.78, 5) is 4.07. The SMILES string of the molecule is CCOc1cccnc1Oc1cc(F)cc(Br)c1. The van der Waals surface area contributed by atoms with Gasteiger partial charge in [0, 0.05) is 16.7 Å². The summed E-state index contributed by atoms with van der Waals surface area (Å²) in [5.41, 5.74) is 0. The Labute approximate surface area is 113 Å². The van der Waals surface area contributed by atoms with E-state index in [1.165, 1.54) is 12.1 Å². The fourth-order valence-electron chi connectivity index (χ4n) is 1.42. The zero-order valence-electron chi connectivity index (χ0n) is 9.69. The molecular weight excluding hydrogens is 301 g/mol. The average Bonchev–Trinajstić information content (AvgIpc) is 2.30. The Bertz CT molecular complexity index is 528. The van der Waals surface area contributed by atoms with Gasteiger partial charge in [-0.05, 0) is 31.2 Å². The van der Waals surface area contributed by atoms with E-state index in [1.807, 2.05) is 6.92 Å².